The van der Waals surface area contributed by atoms with E-state index < -0.39 is 39.0 Å². The highest BCUT2D eigenvalue weighted by Gasteiger charge is 2.09. The SMILES string of the molecule is [2H]C([2H])([2H])N(C[C@H](O)CC(=O)O)C([2H])([2H])[2H]. The first kappa shape index (κ1) is 3.19. The Morgan fingerprint density at radius 3 is 2.80 bits per heavy atom. The topological polar surface area (TPSA) is 60.8 Å². The molecule has 0 aromatic rings. The number of rotatable bonds is 4. The maximum atomic E-state index is 10.2. The second kappa shape index (κ2) is 4.24. The van der Waals surface area contributed by atoms with Gasteiger partial charge in [0, 0.05) is 14.8 Å². The summed E-state index contributed by atoms with van der Waals surface area (Å²) >= 11 is 0. The van der Waals surface area contributed by atoms with Crippen molar-refractivity contribution in [2.24, 2.45) is 0 Å². The zero-order valence-corrected chi connectivity index (χ0v) is 5.24. The van der Waals surface area contributed by atoms with Gasteiger partial charge < -0.3 is 15.1 Å². The van der Waals surface area contributed by atoms with E-state index in [1.54, 1.807) is 0 Å². The van der Waals surface area contributed by atoms with Crippen molar-refractivity contribution in [2.45, 2.75) is 12.5 Å². The molecule has 4 nitrogen and oxygen atoms in total. The summed E-state index contributed by atoms with van der Waals surface area (Å²) in [5, 5.41) is 17.5. The highest BCUT2D eigenvalue weighted by atomic mass is 16.4. The van der Waals surface area contributed by atoms with E-state index in [2.05, 4.69) is 0 Å². The summed E-state index contributed by atoms with van der Waals surface area (Å²) in [6, 6.07) is 0. The van der Waals surface area contributed by atoms with Gasteiger partial charge in [-0.2, -0.15) is 0 Å². The predicted molar refractivity (Wildman–Crippen MR) is 36.8 cm³/mol. The molecule has 0 aromatic carbocycles. The van der Waals surface area contributed by atoms with Crippen LogP contribution in [-0.4, -0.2) is 47.7 Å². The maximum Gasteiger partial charge on any atom is 0.306 e. The molecule has 0 rings (SSSR count). The minimum atomic E-state index is -2.91. The Hall–Kier alpha value is -0.610. The number of carboxylic acids is 1. The number of likely N-dealkylation sites (N-methyl/N-ethyl adjacent to an activating group) is 1. The van der Waals surface area contributed by atoms with Gasteiger partial charge in [0.05, 0.1) is 12.5 Å². The summed E-state index contributed by atoms with van der Waals surface area (Å²) < 4.78 is 41.8. The van der Waals surface area contributed by atoms with Crippen LogP contribution in [0, 0.1) is 0 Å². The van der Waals surface area contributed by atoms with Gasteiger partial charge in [-0.15, -0.1) is 0 Å². The Bertz CT molecular complexity index is 236. The number of nitrogens with zero attached hydrogens (tertiary/aromatic N) is 1. The van der Waals surface area contributed by atoms with Crippen LogP contribution in [0.15, 0.2) is 0 Å². The van der Waals surface area contributed by atoms with Gasteiger partial charge in [-0.3, -0.25) is 4.79 Å². The minimum Gasteiger partial charge on any atom is -0.481 e. The van der Waals surface area contributed by atoms with Crippen LogP contribution in [0.2, 0.25) is 0 Å². The fourth-order valence-corrected chi connectivity index (χ4v) is 0.477. The van der Waals surface area contributed by atoms with E-state index in [0.29, 0.717) is 0 Å². The van der Waals surface area contributed by atoms with Gasteiger partial charge in [-0.25, -0.2) is 0 Å². The molecule has 0 heterocycles. The molecule has 0 aliphatic carbocycles. The standard InChI is InChI=1S/C6H13NO3/c1-7(2)4-5(8)3-6(9)10/h5,8H,3-4H2,1-2H3,(H,9,10)/t5-/m1/s1/i1D3,2D3. The van der Waals surface area contributed by atoms with Crippen LogP contribution in [0.1, 0.15) is 14.6 Å². The van der Waals surface area contributed by atoms with Crippen LogP contribution < -0.4 is 0 Å². The maximum absolute atomic E-state index is 10.2. The summed E-state index contributed by atoms with van der Waals surface area (Å²) in [6.07, 6.45) is -2.25. The molecule has 0 saturated carbocycles. The lowest BCUT2D eigenvalue weighted by Crippen LogP contribution is -2.27. The molecule has 0 bridgehead atoms. The van der Waals surface area contributed by atoms with Crippen molar-refractivity contribution in [3.05, 3.63) is 0 Å². The van der Waals surface area contributed by atoms with Crippen LogP contribution in [0.25, 0.3) is 0 Å². The summed E-state index contributed by atoms with van der Waals surface area (Å²) in [6.45, 7) is -6.57. The number of hydrogen-bond donors (Lipinski definition) is 2. The highest BCUT2D eigenvalue weighted by Crippen LogP contribution is 1.92. The molecule has 0 unspecified atom stereocenters. The monoisotopic (exact) mass is 153 g/mol. The number of aliphatic carboxylic acids is 1. The third-order valence-corrected chi connectivity index (χ3v) is 0.804. The Kier molecular flexibility index (Phi) is 1.35. The first-order chi connectivity index (χ1) is 6.94. The van der Waals surface area contributed by atoms with E-state index >= 15 is 0 Å². The fraction of sp³-hybridized carbons (Fsp3) is 0.833. The number of aliphatic hydroxyl groups is 1. The highest BCUT2D eigenvalue weighted by molar-refractivity contribution is 5.67. The Morgan fingerprint density at radius 2 is 2.40 bits per heavy atom. The minimum absolute atomic E-state index is 0.119. The molecule has 0 spiro atoms. The largest absolute Gasteiger partial charge is 0.481 e. The molecule has 10 heavy (non-hydrogen) atoms. The van der Waals surface area contributed by atoms with Crippen molar-refractivity contribution in [1.82, 2.24) is 4.90 Å². The van der Waals surface area contributed by atoms with E-state index in [9.17, 15) is 9.90 Å². The third-order valence-electron chi connectivity index (χ3n) is 0.804. The van der Waals surface area contributed by atoms with E-state index in [1.165, 1.54) is 0 Å². The smallest absolute Gasteiger partial charge is 0.306 e. The second-order valence-corrected chi connectivity index (χ2v) is 1.86. The summed E-state index contributed by atoms with van der Waals surface area (Å²) in [5.41, 5.74) is 0. The molecule has 0 radical (unpaired) electrons. The second-order valence-electron chi connectivity index (χ2n) is 1.86. The molecule has 4 heteroatoms. The Labute approximate surface area is 68.5 Å². The first-order valence-electron chi connectivity index (χ1n) is 5.62. The van der Waals surface area contributed by atoms with Gasteiger partial charge in [0.15, 0.2) is 0 Å². The predicted octanol–water partition coefficient (Wildman–Crippen LogP) is -0.616. The zero-order valence-electron chi connectivity index (χ0n) is 11.2. The molecule has 0 aliphatic rings. The van der Waals surface area contributed by atoms with Crippen molar-refractivity contribution in [3.63, 3.8) is 0 Å². The van der Waals surface area contributed by atoms with Crippen molar-refractivity contribution in [2.75, 3.05) is 20.5 Å². The first-order valence-corrected chi connectivity index (χ1v) is 2.62. The summed E-state index contributed by atoms with van der Waals surface area (Å²) in [7, 11) is 0. The number of aliphatic hydroxyl groups excluding tert-OH is 1. The molecule has 0 aliphatic heterocycles. The zero-order chi connectivity index (χ0) is 13.1. The Balaban J connectivity index is 4.64. The average molecular weight is 153 g/mol. The average Bonchev–Trinajstić information content (AvgIpc) is 1.94. The summed E-state index contributed by atoms with van der Waals surface area (Å²) in [5.74, 6) is -1.33. The molecule has 60 valence electrons. The number of carbonyl (C=O) groups is 1. The van der Waals surface area contributed by atoms with E-state index in [0.717, 1.165) is 0 Å². The normalized spacial score (nSPS) is 25.0. The third kappa shape index (κ3) is 5.53. The quantitative estimate of drug-likeness (QED) is 0.565. The van der Waals surface area contributed by atoms with Crippen LogP contribution in [-0.2, 0) is 4.79 Å². The van der Waals surface area contributed by atoms with Gasteiger partial charge in [0.1, 0.15) is 0 Å². The van der Waals surface area contributed by atoms with E-state index in [-0.39, 0.29) is 4.90 Å². The molecular formula is C6H13NO3. The van der Waals surface area contributed by atoms with E-state index in [4.69, 9.17) is 13.3 Å². The van der Waals surface area contributed by atoms with Gasteiger partial charge in [0.2, 0.25) is 0 Å². The van der Waals surface area contributed by atoms with E-state index in [1.807, 2.05) is 0 Å². The molecule has 2 N–H and O–H groups in total. The molecular weight excluding hydrogens is 134 g/mol. The van der Waals surface area contributed by atoms with Crippen LogP contribution in [0.4, 0.5) is 0 Å². The van der Waals surface area contributed by atoms with Crippen LogP contribution in [0.5, 0.6) is 0 Å². The van der Waals surface area contributed by atoms with Crippen LogP contribution >= 0.6 is 0 Å². The molecule has 0 saturated heterocycles. The fourth-order valence-electron chi connectivity index (χ4n) is 0.477. The lowest BCUT2D eigenvalue weighted by Gasteiger charge is -2.13. The molecule has 0 fully saturated rings. The van der Waals surface area contributed by atoms with Crippen molar-refractivity contribution in [1.29, 1.82) is 0 Å². The molecule has 0 aromatic heterocycles. The number of hydrogen-bond acceptors (Lipinski definition) is 3. The number of carboxylic acid groups (broad SMARTS) is 1. The van der Waals surface area contributed by atoms with Gasteiger partial charge in [-0.1, -0.05) is 0 Å². The van der Waals surface area contributed by atoms with Gasteiger partial charge in [-0.05, 0) is 14.0 Å². The van der Waals surface area contributed by atoms with Gasteiger partial charge in [0.25, 0.3) is 0 Å². The molecule has 0 amide bonds. The van der Waals surface area contributed by atoms with Gasteiger partial charge >= 0.3 is 5.97 Å². The van der Waals surface area contributed by atoms with Crippen molar-refractivity contribution >= 4 is 5.97 Å². The van der Waals surface area contributed by atoms with Crippen molar-refractivity contribution < 1.29 is 23.2 Å². The lowest BCUT2D eigenvalue weighted by atomic mass is 10.2. The lowest BCUT2D eigenvalue weighted by molar-refractivity contribution is -0.139. The molecule has 1 atom stereocenters. The Morgan fingerprint density at radius 1 is 1.80 bits per heavy atom. The van der Waals surface area contributed by atoms with Crippen LogP contribution in [0.3, 0.4) is 0 Å². The summed E-state index contributed by atoms with van der Waals surface area (Å²) in [4.78, 5) is 10.3. The van der Waals surface area contributed by atoms with Crippen molar-refractivity contribution in [3.8, 4) is 0 Å².